The summed E-state index contributed by atoms with van der Waals surface area (Å²) in [5, 5.41) is 9.38. The van der Waals surface area contributed by atoms with E-state index < -0.39 is 0 Å². The van der Waals surface area contributed by atoms with Crippen LogP contribution in [0.4, 0.5) is 5.69 Å². The molecule has 0 unspecified atom stereocenters. The zero-order chi connectivity index (χ0) is 7.84. The highest BCUT2D eigenvalue weighted by molar-refractivity contribution is 5.68. The zero-order valence-electron chi connectivity index (χ0n) is 6.24. The van der Waals surface area contributed by atoms with Gasteiger partial charge in [0.05, 0.1) is 0 Å². The minimum absolute atomic E-state index is 0.280. The molecule has 0 saturated carbocycles. The van der Waals surface area contributed by atoms with Crippen molar-refractivity contribution >= 4 is 5.69 Å². The first-order chi connectivity index (χ1) is 5.29. The van der Waals surface area contributed by atoms with Gasteiger partial charge in [0.15, 0.2) is 6.73 Å². The topological polar surface area (TPSA) is 32.7 Å². The molecule has 1 heterocycles. The van der Waals surface area contributed by atoms with Gasteiger partial charge in [0, 0.05) is 7.05 Å². The van der Waals surface area contributed by atoms with E-state index in [9.17, 15) is 5.11 Å². The number of para-hydroxylation sites is 1. The van der Waals surface area contributed by atoms with Crippen LogP contribution in [0.15, 0.2) is 18.2 Å². The summed E-state index contributed by atoms with van der Waals surface area (Å²) in [6.45, 7) is 0.521. The number of anilines is 1. The van der Waals surface area contributed by atoms with Gasteiger partial charge in [0.2, 0.25) is 0 Å². The van der Waals surface area contributed by atoms with Crippen LogP contribution in [-0.4, -0.2) is 18.9 Å². The number of fused-ring (bicyclic) bond motifs is 1. The maximum absolute atomic E-state index is 9.38. The Morgan fingerprint density at radius 2 is 2.36 bits per heavy atom. The largest absolute Gasteiger partial charge is 0.506 e. The van der Waals surface area contributed by atoms with Crippen molar-refractivity contribution in [3.05, 3.63) is 18.2 Å². The van der Waals surface area contributed by atoms with Gasteiger partial charge in [-0.25, -0.2) is 0 Å². The van der Waals surface area contributed by atoms with E-state index >= 15 is 0 Å². The van der Waals surface area contributed by atoms with Gasteiger partial charge in [-0.2, -0.15) is 0 Å². The predicted octanol–water partition coefficient (Wildman–Crippen LogP) is 1.18. The zero-order valence-corrected chi connectivity index (χ0v) is 6.24. The summed E-state index contributed by atoms with van der Waals surface area (Å²) < 4.78 is 5.26. The first-order valence-corrected chi connectivity index (χ1v) is 3.45. The fourth-order valence-electron chi connectivity index (χ4n) is 1.24. The maximum Gasteiger partial charge on any atom is 0.161 e. The standard InChI is InChI=1S/C8H9NO2/c1-9-5-11-7-4-2-3-6(10)8(7)9/h2-4,10H,5H2,1H3. The molecule has 0 aromatic heterocycles. The van der Waals surface area contributed by atoms with Gasteiger partial charge in [0.25, 0.3) is 0 Å². The van der Waals surface area contributed by atoms with Crippen molar-refractivity contribution in [3.8, 4) is 11.5 Å². The van der Waals surface area contributed by atoms with Crippen LogP contribution in [0.2, 0.25) is 0 Å². The number of phenols is 1. The Morgan fingerprint density at radius 1 is 1.55 bits per heavy atom. The van der Waals surface area contributed by atoms with E-state index in [2.05, 4.69) is 0 Å². The summed E-state index contributed by atoms with van der Waals surface area (Å²) in [4.78, 5) is 1.87. The number of aromatic hydroxyl groups is 1. The third-order valence-corrected chi connectivity index (χ3v) is 1.77. The molecule has 1 N–H and O–H groups in total. The highest BCUT2D eigenvalue weighted by Crippen LogP contribution is 2.39. The van der Waals surface area contributed by atoms with E-state index in [1.54, 1.807) is 12.1 Å². The van der Waals surface area contributed by atoms with E-state index in [0.717, 1.165) is 11.4 Å². The molecule has 0 aliphatic carbocycles. The lowest BCUT2D eigenvalue weighted by Crippen LogP contribution is -2.14. The van der Waals surface area contributed by atoms with Gasteiger partial charge in [-0.05, 0) is 12.1 Å². The van der Waals surface area contributed by atoms with Crippen molar-refractivity contribution < 1.29 is 9.84 Å². The first kappa shape index (κ1) is 6.34. The monoisotopic (exact) mass is 151 g/mol. The molecule has 1 aromatic carbocycles. The van der Waals surface area contributed by atoms with E-state index in [1.165, 1.54) is 0 Å². The third kappa shape index (κ3) is 0.808. The highest BCUT2D eigenvalue weighted by Gasteiger charge is 2.19. The number of hydrogen-bond donors (Lipinski definition) is 1. The summed E-state index contributed by atoms with van der Waals surface area (Å²) in [5.41, 5.74) is 0.785. The summed E-state index contributed by atoms with van der Waals surface area (Å²) in [6.07, 6.45) is 0. The van der Waals surface area contributed by atoms with Crippen LogP contribution in [0.5, 0.6) is 11.5 Å². The van der Waals surface area contributed by atoms with Crippen LogP contribution in [-0.2, 0) is 0 Å². The van der Waals surface area contributed by atoms with Crippen molar-refractivity contribution in [2.75, 3.05) is 18.7 Å². The molecule has 1 aliphatic rings. The van der Waals surface area contributed by atoms with Crippen molar-refractivity contribution in [3.63, 3.8) is 0 Å². The van der Waals surface area contributed by atoms with Crippen molar-refractivity contribution in [2.24, 2.45) is 0 Å². The number of hydrogen-bond acceptors (Lipinski definition) is 3. The summed E-state index contributed by atoms with van der Waals surface area (Å²) >= 11 is 0. The SMILES string of the molecule is CN1COc2cccc(O)c21. The lowest BCUT2D eigenvalue weighted by Gasteiger charge is -2.08. The van der Waals surface area contributed by atoms with Crippen LogP contribution in [0.25, 0.3) is 0 Å². The number of phenolic OH excluding ortho intramolecular Hbond substituents is 1. The fourth-order valence-corrected chi connectivity index (χ4v) is 1.24. The lowest BCUT2D eigenvalue weighted by atomic mass is 10.2. The number of rotatable bonds is 0. The number of ether oxygens (including phenoxy) is 1. The van der Waals surface area contributed by atoms with Gasteiger partial charge in [0.1, 0.15) is 17.2 Å². The molecule has 0 atom stereocenters. The second-order valence-electron chi connectivity index (χ2n) is 2.60. The Bertz CT molecular complexity index is 285. The minimum atomic E-state index is 0.280. The van der Waals surface area contributed by atoms with Crippen molar-refractivity contribution in [1.82, 2.24) is 0 Å². The molecule has 11 heavy (non-hydrogen) atoms. The molecule has 0 fully saturated rings. The minimum Gasteiger partial charge on any atom is -0.506 e. The van der Waals surface area contributed by atoms with Crippen LogP contribution >= 0.6 is 0 Å². The molecular formula is C8H9NO2. The lowest BCUT2D eigenvalue weighted by molar-refractivity contribution is 0.353. The molecule has 0 amide bonds. The van der Waals surface area contributed by atoms with Crippen LogP contribution in [0.3, 0.4) is 0 Å². The third-order valence-electron chi connectivity index (χ3n) is 1.77. The first-order valence-electron chi connectivity index (χ1n) is 3.45. The molecule has 0 radical (unpaired) electrons. The Kier molecular flexibility index (Phi) is 1.18. The van der Waals surface area contributed by atoms with Gasteiger partial charge in [-0.1, -0.05) is 6.07 Å². The number of benzene rings is 1. The van der Waals surface area contributed by atoms with Crippen LogP contribution in [0.1, 0.15) is 0 Å². The molecule has 3 heteroatoms. The van der Waals surface area contributed by atoms with E-state index in [4.69, 9.17) is 4.74 Å². The van der Waals surface area contributed by atoms with Gasteiger partial charge in [-0.15, -0.1) is 0 Å². The van der Waals surface area contributed by atoms with Gasteiger partial charge < -0.3 is 14.7 Å². The molecule has 3 nitrogen and oxygen atoms in total. The second kappa shape index (κ2) is 2.05. The van der Waals surface area contributed by atoms with E-state index in [-0.39, 0.29) is 5.75 Å². The second-order valence-corrected chi connectivity index (χ2v) is 2.60. The molecular weight excluding hydrogens is 142 g/mol. The molecule has 0 saturated heterocycles. The number of nitrogens with zero attached hydrogens (tertiary/aromatic N) is 1. The van der Waals surface area contributed by atoms with E-state index in [0.29, 0.717) is 6.73 Å². The average Bonchev–Trinajstić information content (AvgIpc) is 2.34. The van der Waals surface area contributed by atoms with Crippen LogP contribution in [0, 0.1) is 0 Å². The summed E-state index contributed by atoms with van der Waals surface area (Å²) in [7, 11) is 1.88. The van der Waals surface area contributed by atoms with Crippen molar-refractivity contribution in [2.45, 2.75) is 0 Å². The summed E-state index contributed by atoms with van der Waals surface area (Å²) in [5.74, 6) is 1.04. The van der Waals surface area contributed by atoms with Crippen molar-refractivity contribution in [1.29, 1.82) is 0 Å². The normalized spacial score (nSPS) is 14.5. The Hall–Kier alpha value is -1.38. The van der Waals surface area contributed by atoms with Gasteiger partial charge in [-0.3, -0.25) is 0 Å². The average molecular weight is 151 g/mol. The smallest absolute Gasteiger partial charge is 0.161 e. The molecule has 1 aromatic rings. The summed E-state index contributed by atoms with van der Waals surface area (Å²) in [6, 6.07) is 5.27. The highest BCUT2D eigenvalue weighted by atomic mass is 16.5. The molecule has 0 spiro atoms. The predicted molar refractivity (Wildman–Crippen MR) is 42.0 cm³/mol. The molecule has 58 valence electrons. The van der Waals surface area contributed by atoms with Crippen LogP contribution < -0.4 is 9.64 Å². The maximum atomic E-state index is 9.38. The molecule has 1 aliphatic heterocycles. The van der Waals surface area contributed by atoms with E-state index in [1.807, 2.05) is 18.0 Å². The van der Waals surface area contributed by atoms with Gasteiger partial charge >= 0.3 is 0 Å². The fraction of sp³-hybridized carbons (Fsp3) is 0.250. The quantitative estimate of drug-likeness (QED) is 0.604. The molecule has 2 rings (SSSR count). The Morgan fingerprint density at radius 3 is 3.09 bits per heavy atom. The Labute approximate surface area is 64.8 Å². The Balaban J connectivity index is 2.58. The molecule has 0 bridgehead atoms.